The van der Waals surface area contributed by atoms with Crippen molar-refractivity contribution in [1.82, 2.24) is 10.2 Å². The van der Waals surface area contributed by atoms with Gasteiger partial charge in [-0.2, -0.15) is 0 Å². The molecule has 0 N–H and O–H groups in total. The second-order valence-corrected chi connectivity index (χ2v) is 11.5. The Labute approximate surface area is 243 Å². The molecule has 4 rings (SSSR count). The molecule has 0 saturated carbocycles. The standard InChI is InChI=1S/C32H36Br2N2O2/c1-22(2)5-4-6-23(3)17-18-37-29-15-13-27(14-16-29)32-36-35-31(38-32)26-11-9-25(10-12-26)30-19-24(20-33)7-8-28(30)21-34/h7-16,19,22-23H,4-6,17-18,20-21H2,1-3H3. The lowest BCUT2D eigenvalue weighted by atomic mass is 9.97. The van der Waals surface area contributed by atoms with Crippen LogP contribution in [0, 0.1) is 11.8 Å². The molecule has 1 aromatic heterocycles. The van der Waals surface area contributed by atoms with E-state index in [4.69, 9.17) is 9.15 Å². The van der Waals surface area contributed by atoms with E-state index in [1.54, 1.807) is 0 Å². The third-order valence-electron chi connectivity index (χ3n) is 6.80. The van der Waals surface area contributed by atoms with Crippen molar-refractivity contribution < 1.29 is 9.15 Å². The van der Waals surface area contributed by atoms with Gasteiger partial charge >= 0.3 is 0 Å². The van der Waals surface area contributed by atoms with Crippen LogP contribution in [0.2, 0.25) is 0 Å². The maximum atomic E-state index is 6.01. The predicted molar refractivity (Wildman–Crippen MR) is 164 cm³/mol. The lowest BCUT2D eigenvalue weighted by molar-refractivity contribution is 0.276. The molecule has 0 aliphatic rings. The van der Waals surface area contributed by atoms with Crippen LogP contribution in [0.5, 0.6) is 5.75 Å². The first-order chi connectivity index (χ1) is 18.5. The van der Waals surface area contributed by atoms with Crippen molar-refractivity contribution in [3.63, 3.8) is 0 Å². The number of alkyl halides is 2. The van der Waals surface area contributed by atoms with Gasteiger partial charge in [-0.3, -0.25) is 0 Å². The number of halogens is 2. The number of aromatic nitrogens is 2. The summed E-state index contributed by atoms with van der Waals surface area (Å²) in [6.07, 6.45) is 4.95. The summed E-state index contributed by atoms with van der Waals surface area (Å²) in [6, 6.07) is 22.7. The second-order valence-electron chi connectivity index (χ2n) is 10.3. The number of hydrogen-bond acceptors (Lipinski definition) is 4. The fourth-order valence-corrected chi connectivity index (χ4v) is 5.27. The normalized spacial score (nSPS) is 12.2. The molecule has 0 bridgehead atoms. The molecule has 0 fully saturated rings. The zero-order valence-electron chi connectivity index (χ0n) is 22.4. The lowest BCUT2D eigenvalue weighted by Gasteiger charge is -2.13. The third-order valence-corrected chi connectivity index (χ3v) is 8.05. The van der Waals surface area contributed by atoms with E-state index >= 15 is 0 Å². The van der Waals surface area contributed by atoms with Crippen LogP contribution in [-0.2, 0) is 10.7 Å². The summed E-state index contributed by atoms with van der Waals surface area (Å²) in [5.74, 6) is 3.34. The van der Waals surface area contributed by atoms with E-state index < -0.39 is 0 Å². The molecule has 200 valence electrons. The summed E-state index contributed by atoms with van der Waals surface area (Å²) in [4.78, 5) is 0. The lowest BCUT2D eigenvalue weighted by Crippen LogP contribution is -2.04. The van der Waals surface area contributed by atoms with Crippen molar-refractivity contribution in [3.05, 3.63) is 77.9 Å². The van der Waals surface area contributed by atoms with E-state index in [1.165, 1.54) is 36.0 Å². The molecule has 1 heterocycles. The Morgan fingerprint density at radius 1 is 0.737 bits per heavy atom. The van der Waals surface area contributed by atoms with E-state index in [0.29, 0.717) is 17.7 Å². The smallest absolute Gasteiger partial charge is 0.248 e. The fourth-order valence-electron chi connectivity index (χ4n) is 4.43. The molecule has 3 aromatic carbocycles. The maximum Gasteiger partial charge on any atom is 0.248 e. The van der Waals surface area contributed by atoms with Gasteiger partial charge < -0.3 is 9.15 Å². The fraction of sp³-hybridized carbons (Fsp3) is 0.375. The van der Waals surface area contributed by atoms with Gasteiger partial charge in [0.05, 0.1) is 6.61 Å². The third kappa shape index (κ3) is 7.79. The molecule has 0 aliphatic carbocycles. The number of nitrogens with zero attached hydrogens (tertiary/aromatic N) is 2. The minimum Gasteiger partial charge on any atom is -0.494 e. The number of benzene rings is 3. The Morgan fingerprint density at radius 2 is 1.37 bits per heavy atom. The summed E-state index contributed by atoms with van der Waals surface area (Å²) in [5.41, 5.74) is 6.66. The van der Waals surface area contributed by atoms with Crippen LogP contribution in [0.1, 0.15) is 57.6 Å². The zero-order chi connectivity index (χ0) is 26.9. The Bertz CT molecular complexity index is 1280. The predicted octanol–water partition coefficient (Wildman–Crippen LogP) is 10.1. The summed E-state index contributed by atoms with van der Waals surface area (Å²) in [7, 11) is 0. The van der Waals surface area contributed by atoms with E-state index in [0.717, 1.165) is 52.0 Å². The maximum absolute atomic E-state index is 6.01. The van der Waals surface area contributed by atoms with Gasteiger partial charge in [-0.1, -0.05) is 102 Å². The van der Waals surface area contributed by atoms with E-state index in [-0.39, 0.29) is 0 Å². The van der Waals surface area contributed by atoms with E-state index in [2.05, 4.69) is 93.2 Å². The average molecular weight is 640 g/mol. The molecule has 0 radical (unpaired) electrons. The summed E-state index contributed by atoms with van der Waals surface area (Å²) in [6.45, 7) is 7.63. The molecular formula is C32H36Br2N2O2. The highest BCUT2D eigenvalue weighted by Gasteiger charge is 2.12. The molecule has 4 aromatic rings. The van der Waals surface area contributed by atoms with Gasteiger partial charge in [0.15, 0.2) is 0 Å². The SMILES string of the molecule is CC(C)CCCC(C)CCOc1ccc(-c2nnc(-c3ccc(-c4cc(CBr)ccc4CBr)cc3)o2)cc1. The van der Waals surface area contributed by atoms with Gasteiger partial charge in [0.2, 0.25) is 11.8 Å². The van der Waals surface area contributed by atoms with Crippen molar-refractivity contribution in [2.45, 2.75) is 57.1 Å². The molecule has 6 heteroatoms. The molecule has 0 amide bonds. The minimum absolute atomic E-state index is 0.501. The average Bonchev–Trinajstić information content (AvgIpc) is 3.43. The molecular weight excluding hydrogens is 604 g/mol. The Balaban J connectivity index is 1.35. The van der Waals surface area contributed by atoms with Gasteiger partial charge in [-0.05, 0) is 76.9 Å². The first-order valence-corrected chi connectivity index (χ1v) is 15.6. The highest BCUT2D eigenvalue weighted by Crippen LogP contribution is 2.31. The first-order valence-electron chi connectivity index (χ1n) is 13.4. The Hall–Kier alpha value is -2.44. The van der Waals surface area contributed by atoms with Gasteiger partial charge in [0.25, 0.3) is 0 Å². The van der Waals surface area contributed by atoms with Gasteiger partial charge in [0.1, 0.15) is 5.75 Å². The molecule has 0 saturated heterocycles. The van der Waals surface area contributed by atoms with Crippen LogP contribution in [-0.4, -0.2) is 16.8 Å². The molecule has 1 unspecified atom stereocenters. The highest BCUT2D eigenvalue weighted by molar-refractivity contribution is 9.08. The van der Waals surface area contributed by atoms with Crippen LogP contribution in [0.4, 0.5) is 0 Å². The van der Waals surface area contributed by atoms with Gasteiger partial charge in [-0.25, -0.2) is 0 Å². The van der Waals surface area contributed by atoms with Gasteiger partial charge in [-0.15, -0.1) is 10.2 Å². The summed E-state index contributed by atoms with van der Waals surface area (Å²) < 4.78 is 12.0. The highest BCUT2D eigenvalue weighted by atomic mass is 79.9. The zero-order valence-corrected chi connectivity index (χ0v) is 25.6. The number of hydrogen-bond donors (Lipinski definition) is 0. The number of rotatable bonds is 13. The quantitative estimate of drug-likeness (QED) is 0.137. The Kier molecular flexibility index (Phi) is 10.6. The molecule has 1 atom stereocenters. The first kappa shape index (κ1) is 28.6. The van der Waals surface area contributed by atoms with E-state index in [9.17, 15) is 0 Å². The van der Waals surface area contributed by atoms with Crippen molar-refractivity contribution in [2.24, 2.45) is 11.8 Å². The monoisotopic (exact) mass is 638 g/mol. The van der Waals surface area contributed by atoms with Crippen LogP contribution < -0.4 is 4.74 Å². The summed E-state index contributed by atoms with van der Waals surface area (Å²) >= 11 is 7.17. The van der Waals surface area contributed by atoms with Crippen molar-refractivity contribution in [3.8, 4) is 39.8 Å². The number of ether oxygens (including phenoxy) is 1. The Morgan fingerprint density at radius 3 is 1.97 bits per heavy atom. The topological polar surface area (TPSA) is 48.2 Å². The summed E-state index contributed by atoms with van der Waals surface area (Å²) in [5, 5.41) is 10.2. The van der Waals surface area contributed by atoms with Gasteiger partial charge in [0, 0.05) is 21.8 Å². The van der Waals surface area contributed by atoms with Crippen LogP contribution >= 0.6 is 31.9 Å². The van der Waals surface area contributed by atoms with Crippen LogP contribution in [0.25, 0.3) is 34.0 Å². The van der Waals surface area contributed by atoms with Crippen molar-refractivity contribution in [2.75, 3.05) is 6.61 Å². The second kappa shape index (κ2) is 14.1. The molecule has 4 nitrogen and oxygen atoms in total. The van der Waals surface area contributed by atoms with Crippen molar-refractivity contribution in [1.29, 1.82) is 0 Å². The largest absolute Gasteiger partial charge is 0.494 e. The van der Waals surface area contributed by atoms with Crippen LogP contribution in [0.15, 0.2) is 71.1 Å². The molecule has 0 aliphatic heterocycles. The van der Waals surface area contributed by atoms with Crippen molar-refractivity contribution >= 4 is 31.9 Å². The van der Waals surface area contributed by atoms with E-state index in [1.807, 2.05) is 36.4 Å². The van der Waals surface area contributed by atoms with Crippen LogP contribution in [0.3, 0.4) is 0 Å². The molecule has 0 spiro atoms. The molecule has 38 heavy (non-hydrogen) atoms. The minimum atomic E-state index is 0.501.